The molecule has 2 aromatic rings. The largest absolute Gasteiger partial charge is 0.369 e. The van der Waals surface area contributed by atoms with E-state index in [2.05, 4.69) is 27.5 Å². The number of nitrogens with zero attached hydrogens (tertiary/aromatic N) is 2. The average Bonchev–Trinajstić information content (AvgIpc) is 2.99. The first-order valence-corrected chi connectivity index (χ1v) is 7.49. The molecule has 106 valence electrons. The lowest BCUT2D eigenvalue weighted by Gasteiger charge is -2.12. The number of hydrogen-bond acceptors (Lipinski definition) is 5. The summed E-state index contributed by atoms with van der Waals surface area (Å²) in [5.74, 6) is 0.418. The lowest BCUT2D eigenvalue weighted by Crippen LogP contribution is -2.27. The number of rotatable bonds is 6. The first kappa shape index (κ1) is 14.5. The minimum atomic E-state index is -0.210. The molecule has 2 aromatic heterocycles. The first-order valence-electron chi connectivity index (χ1n) is 6.61. The van der Waals surface area contributed by atoms with Crippen molar-refractivity contribution in [1.29, 1.82) is 0 Å². The summed E-state index contributed by atoms with van der Waals surface area (Å²) in [6.07, 6.45) is 4.09. The zero-order valence-corrected chi connectivity index (χ0v) is 12.4. The lowest BCUT2D eigenvalue weighted by atomic mass is 10.2. The van der Waals surface area contributed by atoms with Crippen molar-refractivity contribution in [1.82, 2.24) is 15.3 Å². The van der Waals surface area contributed by atoms with Gasteiger partial charge in [0.1, 0.15) is 11.5 Å². The van der Waals surface area contributed by atoms with E-state index in [0.717, 1.165) is 17.8 Å². The van der Waals surface area contributed by atoms with Crippen LogP contribution >= 0.6 is 11.3 Å². The summed E-state index contributed by atoms with van der Waals surface area (Å²) < 4.78 is 0. The van der Waals surface area contributed by atoms with Crippen molar-refractivity contribution in [3.8, 4) is 0 Å². The van der Waals surface area contributed by atoms with E-state index in [4.69, 9.17) is 0 Å². The van der Waals surface area contributed by atoms with Crippen molar-refractivity contribution in [2.24, 2.45) is 0 Å². The Kier molecular flexibility index (Phi) is 5.06. The molecule has 0 aliphatic carbocycles. The molecule has 0 bridgehead atoms. The third-order valence-electron chi connectivity index (χ3n) is 2.74. The Hall–Kier alpha value is -1.95. The van der Waals surface area contributed by atoms with Gasteiger partial charge in [-0.25, -0.2) is 4.98 Å². The van der Waals surface area contributed by atoms with Crippen molar-refractivity contribution in [3.63, 3.8) is 0 Å². The topological polar surface area (TPSA) is 66.9 Å². The monoisotopic (exact) mass is 290 g/mol. The number of amides is 1. The number of anilines is 1. The normalized spacial score (nSPS) is 11.9. The van der Waals surface area contributed by atoms with E-state index >= 15 is 0 Å². The fourth-order valence-corrected chi connectivity index (χ4v) is 2.43. The quantitative estimate of drug-likeness (QED) is 0.858. The van der Waals surface area contributed by atoms with Crippen LogP contribution in [-0.2, 0) is 0 Å². The molecule has 0 fully saturated rings. The van der Waals surface area contributed by atoms with Crippen LogP contribution in [0.25, 0.3) is 0 Å². The van der Waals surface area contributed by atoms with Crippen LogP contribution in [0.15, 0.2) is 29.9 Å². The van der Waals surface area contributed by atoms with E-state index in [9.17, 15) is 4.79 Å². The Balaban J connectivity index is 2.01. The highest BCUT2D eigenvalue weighted by Crippen LogP contribution is 2.18. The number of hydrogen-bond donors (Lipinski definition) is 2. The fraction of sp³-hybridized carbons (Fsp3) is 0.357. The molecule has 1 atom stereocenters. The van der Waals surface area contributed by atoms with Gasteiger partial charge in [-0.2, -0.15) is 0 Å². The van der Waals surface area contributed by atoms with Gasteiger partial charge in [0.2, 0.25) is 0 Å². The van der Waals surface area contributed by atoms with Gasteiger partial charge in [-0.3, -0.25) is 9.78 Å². The van der Waals surface area contributed by atoms with Crippen LogP contribution in [0.5, 0.6) is 0 Å². The van der Waals surface area contributed by atoms with E-state index in [0.29, 0.717) is 11.5 Å². The van der Waals surface area contributed by atoms with Gasteiger partial charge >= 0.3 is 0 Å². The molecule has 0 aliphatic rings. The molecular weight excluding hydrogens is 272 g/mol. The Labute approximate surface area is 122 Å². The Morgan fingerprint density at radius 1 is 1.45 bits per heavy atom. The molecule has 20 heavy (non-hydrogen) atoms. The number of nitrogens with one attached hydrogen (secondary N) is 2. The van der Waals surface area contributed by atoms with Gasteiger partial charge in [0.05, 0.1) is 18.4 Å². The molecule has 5 nitrogen and oxygen atoms in total. The van der Waals surface area contributed by atoms with Crippen molar-refractivity contribution in [2.45, 2.75) is 26.3 Å². The van der Waals surface area contributed by atoms with E-state index < -0.39 is 0 Å². The SMILES string of the molecule is CCCNc1cncc(C(=O)NC(C)c2cccs2)n1. The first-order chi connectivity index (χ1) is 9.70. The van der Waals surface area contributed by atoms with Gasteiger partial charge in [-0.05, 0) is 24.8 Å². The smallest absolute Gasteiger partial charge is 0.272 e. The van der Waals surface area contributed by atoms with E-state index in [1.165, 1.54) is 6.20 Å². The van der Waals surface area contributed by atoms with Crippen LogP contribution in [0.2, 0.25) is 0 Å². The van der Waals surface area contributed by atoms with Crippen LogP contribution in [-0.4, -0.2) is 22.4 Å². The molecule has 0 saturated carbocycles. The summed E-state index contributed by atoms with van der Waals surface area (Å²) in [6.45, 7) is 4.83. The van der Waals surface area contributed by atoms with Gasteiger partial charge in [0.25, 0.3) is 5.91 Å². The predicted molar refractivity (Wildman–Crippen MR) is 81.0 cm³/mol. The molecule has 0 aromatic carbocycles. The molecule has 1 amide bonds. The molecule has 0 spiro atoms. The van der Waals surface area contributed by atoms with Crippen molar-refractivity contribution in [2.75, 3.05) is 11.9 Å². The maximum Gasteiger partial charge on any atom is 0.272 e. The zero-order chi connectivity index (χ0) is 14.4. The van der Waals surface area contributed by atoms with E-state index in [-0.39, 0.29) is 11.9 Å². The van der Waals surface area contributed by atoms with Crippen LogP contribution in [0.3, 0.4) is 0 Å². The lowest BCUT2D eigenvalue weighted by molar-refractivity contribution is 0.0935. The second kappa shape index (κ2) is 7.00. The minimum Gasteiger partial charge on any atom is -0.369 e. The molecule has 0 saturated heterocycles. The number of aromatic nitrogens is 2. The number of carbonyl (C=O) groups excluding carboxylic acids is 1. The van der Waals surface area contributed by atoms with Crippen molar-refractivity contribution >= 4 is 23.1 Å². The summed E-state index contributed by atoms with van der Waals surface area (Å²) in [7, 11) is 0. The summed E-state index contributed by atoms with van der Waals surface area (Å²) in [6, 6.07) is 3.94. The van der Waals surface area contributed by atoms with Gasteiger partial charge in [0, 0.05) is 11.4 Å². The van der Waals surface area contributed by atoms with Gasteiger partial charge < -0.3 is 10.6 Å². The number of carbonyl (C=O) groups is 1. The van der Waals surface area contributed by atoms with Crippen molar-refractivity contribution in [3.05, 3.63) is 40.5 Å². The maximum atomic E-state index is 12.1. The predicted octanol–water partition coefficient (Wildman–Crippen LogP) is 2.85. The standard InChI is InChI=1S/C14H18N4OS/c1-3-6-16-13-9-15-8-11(18-13)14(19)17-10(2)12-5-4-7-20-12/h4-5,7-10H,3,6H2,1-2H3,(H,16,18)(H,17,19). The highest BCUT2D eigenvalue weighted by molar-refractivity contribution is 7.10. The fourth-order valence-electron chi connectivity index (χ4n) is 1.69. The molecule has 0 aliphatic heterocycles. The van der Waals surface area contributed by atoms with E-state index in [1.807, 2.05) is 24.4 Å². The Morgan fingerprint density at radius 2 is 2.30 bits per heavy atom. The maximum absolute atomic E-state index is 12.1. The van der Waals surface area contributed by atoms with Crippen molar-refractivity contribution < 1.29 is 4.79 Å². The summed E-state index contributed by atoms with van der Waals surface area (Å²) >= 11 is 1.62. The summed E-state index contributed by atoms with van der Waals surface area (Å²) in [5, 5.41) is 8.04. The molecule has 6 heteroatoms. The molecule has 1 unspecified atom stereocenters. The van der Waals surface area contributed by atoms with Crippen LogP contribution in [0.1, 0.15) is 41.7 Å². The Morgan fingerprint density at radius 3 is 3.00 bits per heavy atom. The molecule has 0 radical (unpaired) electrons. The van der Waals surface area contributed by atoms with Gasteiger partial charge in [-0.1, -0.05) is 13.0 Å². The summed E-state index contributed by atoms with van der Waals surface area (Å²) in [4.78, 5) is 21.6. The zero-order valence-electron chi connectivity index (χ0n) is 11.6. The third-order valence-corrected chi connectivity index (χ3v) is 3.80. The second-order valence-corrected chi connectivity index (χ2v) is 5.41. The highest BCUT2D eigenvalue weighted by Gasteiger charge is 2.14. The van der Waals surface area contributed by atoms with Gasteiger partial charge in [-0.15, -0.1) is 11.3 Å². The van der Waals surface area contributed by atoms with Crippen LogP contribution < -0.4 is 10.6 Å². The average molecular weight is 290 g/mol. The summed E-state index contributed by atoms with van der Waals surface area (Å²) in [5.41, 5.74) is 0.328. The minimum absolute atomic E-state index is 0.0310. The van der Waals surface area contributed by atoms with E-state index in [1.54, 1.807) is 17.5 Å². The number of thiophene rings is 1. The molecule has 2 heterocycles. The van der Waals surface area contributed by atoms with Gasteiger partial charge in [0.15, 0.2) is 0 Å². The third kappa shape index (κ3) is 3.77. The molecule has 2 N–H and O–H groups in total. The Bertz CT molecular complexity index is 556. The van der Waals surface area contributed by atoms with Crippen LogP contribution in [0.4, 0.5) is 5.82 Å². The molecular formula is C14H18N4OS. The highest BCUT2D eigenvalue weighted by atomic mass is 32.1. The molecule has 2 rings (SSSR count). The van der Waals surface area contributed by atoms with Crippen LogP contribution in [0, 0.1) is 0 Å². The second-order valence-electron chi connectivity index (χ2n) is 4.43.